The normalized spacial score (nSPS) is 18.4. The summed E-state index contributed by atoms with van der Waals surface area (Å²) < 4.78 is 23.6. The van der Waals surface area contributed by atoms with Gasteiger partial charge in [0.05, 0.1) is 6.04 Å². The zero-order valence-electron chi connectivity index (χ0n) is 20.0. The summed E-state index contributed by atoms with van der Waals surface area (Å²) in [6.45, 7) is 1.43. The Labute approximate surface area is 193 Å². The first-order valence-electron chi connectivity index (χ1n) is 11.6. The number of rotatable bonds is 4. The molecule has 4 heterocycles. The smallest absolute Gasteiger partial charge is 0.259 e. The number of piperidine rings is 1. The second-order valence-corrected chi connectivity index (χ2v) is 9.48. The molecule has 31 heavy (non-hydrogen) atoms. The van der Waals surface area contributed by atoms with Crippen molar-refractivity contribution in [1.29, 1.82) is 0 Å². The highest BCUT2D eigenvalue weighted by molar-refractivity contribution is 7.17. The van der Waals surface area contributed by atoms with Gasteiger partial charge in [-0.15, -0.1) is 21.5 Å². The molecule has 1 N–H and O–H groups in total. The molecule has 1 saturated heterocycles. The fourth-order valence-corrected chi connectivity index (χ4v) is 5.55. The van der Waals surface area contributed by atoms with E-state index in [-0.39, 0.29) is 17.0 Å². The van der Waals surface area contributed by atoms with Crippen LogP contribution in [0.5, 0.6) is 0 Å². The topological polar surface area (TPSA) is 71.0 Å². The van der Waals surface area contributed by atoms with E-state index in [2.05, 4.69) is 32.8 Å². The number of anilines is 1. The number of aromatic nitrogens is 3. The van der Waals surface area contributed by atoms with Gasteiger partial charge in [-0.05, 0) is 62.3 Å². The van der Waals surface area contributed by atoms with Gasteiger partial charge in [-0.2, -0.15) is 0 Å². The highest BCUT2D eigenvalue weighted by Gasteiger charge is 2.30. The summed E-state index contributed by atoms with van der Waals surface area (Å²) in [6.07, 6.45) is 3.67. The van der Waals surface area contributed by atoms with E-state index in [1.165, 1.54) is 0 Å². The van der Waals surface area contributed by atoms with E-state index >= 15 is 0 Å². The van der Waals surface area contributed by atoms with E-state index in [1.807, 2.05) is 11.0 Å². The fraction of sp³-hybridized carbons (Fsp3) is 0.304. The fourth-order valence-electron chi connectivity index (χ4n) is 4.02. The predicted octanol–water partition coefficient (Wildman–Crippen LogP) is 4.83. The first-order valence-corrected chi connectivity index (χ1v) is 11.8. The molecule has 5 rings (SSSR count). The standard InChI is InChI=1S/C23H23N5OS2/c1-14-13-30-19-9-11-25-21(20(14)19)28(18-4-3-10-24-12-18)23(29)17-7-5-16(6-8-17)22-27-26-15(2)31-22/h5-9,11,13,18,24H,3-4,10,12H2,1-2H3/t18-/m1/s1/i2D3. The van der Waals surface area contributed by atoms with Gasteiger partial charge in [-0.25, -0.2) is 4.98 Å². The van der Waals surface area contributed by atoms with E-state index < -0.39 is 6.85 Å². The number of nitrogens with zero attached hydrogens (tertiary/aromatic N) is 4. The number of hydrogen-bond donors (Lipinski definition) is 1. The second-order valence-electron chi connectivity index (χ2n) is 7.59. The van der Waals surface area contributed by atoms with Gasteiger partial charge in [0.1, 0.15) is 15.8 Å². The molecular weight excluding hydrogens is 426 g/mol. The SMILES string of the molecule is [2H]C([2H])([2H])c1nnc(-c2ccc(C(=O)N(c3nccc4scc(C)c34)[C@@H]3CCCNC3)cc2)s1. The lowest BCUT2D eigenvalue weighted by Gasteiger charge is -2.34. The molecule has 1 amide bonds. The number of fused-ring (bicyclic) bond motifs is 1. The molecule has 0 spiro atoms. The lowest BCUT2D eigenvalue weighted by Crippen LogP contribution is -2.49. The van der Waals surface area contributed by atoms with E-state index in [4.69, 9.17) is 4.11 Å². The Hall–Kier alpha value is -2.68. The van der Waals surface area contributed by atoms with Gasteiger partial charge in [-0.1, -0.05) is 23.5 Å². The number of nitrogens with one attached hydrogen (secondary N) is 1. The molecule has 4 aromatic rings. The third-order valence-corrected chi connectivity index (χ3v) is 7.39. The summed E-state index contributed by atoms with van der Waals surface area (Å²) in [4.78, 5) is 20.4. The van der Waals surface area contributed by atoms with Crippen molar-refractivity contribution in [3.05, 3.63) is 58.0 Å². The summed E-state index contributed by atoms with van der Waals surface area (Å²) in [5.41, 5.74) is 2.38. The van der Waals surface area contributed by atoms with Gasteiger partial charge < -0.3 is 5.32 Å². The number of hydrogen-bond acceptors (Lipinski definition) is 7. The van der Waals surface area contributed by atoms with Crippen molar-refractivity contribution in [1.82, 2.24) is 20.5 Å². The Morgan fingerprint density at radius 1 is 1.26 bits per heavy atom. The molecule has 1 aliphatic rings. The maximum absolute atomic E-state index is 13.9. The Bertz CT molecular complexity index is 1330. The number of aryl methyl sites for hydroxylation is 2. The molecular formula is C23H23N5OS2. The summed E-state index contributed by atoms with van der Waals surface area (Å²) in [5.74, 6) is 0.594. The van der Waals surface area contributed by atoms with Crippen LogP contribution in [0.15, 0.2) is 41.9 Å². The first-order chi connectivity index (χ1) is 16.3. The number of amides is 1. The van der Waals surface area contributed by atoms with Crippen molar-refractivity contribution in [2.24, 2.45) is 0 Å². The summed E-state index contributed by atoms with van der Waals surface area (Å²) in [5, 5.41) is 14.9. The van der Waals surface area contributed by atoms with Crippen LogP contribution >= 0.6 is 22.7 Å². The second kappa shape index (κ2) is 8.45. The minimum atomic E-state index is -2.28. The molecule has 0 radical (unpaired) electrons. The molecule has 1 aromatic carbocycles. The number of carbonyl (C=O) groups excluding carboxylic acids is 1. The monoisotopic (exact) mass is 452 g/mol. The largest absolute Gasteiger partial charge is 0.315 e. The van der Waals surface area contributed by atoms with Crippen molar-refractivity contribution < 1.29 is 8.91 Å². The third kappa shape index (κ3) is 3.86. The number of carbonyl (C=O) groups is 1. The molecule has 6 nitrogen and oxygen atoms in total. The van der Waals surface area contributed by atoms with Crippen LogP contribution in [0.4, 0.5) is 5.82 Å². The number of thiophene rings is 1. The lowest BCUT2D eigenvalue weighted by molar-refractivity contribution is 0.0972. The van der Waals surface area contributed by atoms with Gasteiger partial charge in [0.25, 0.3) is 5.91 Å². The van der Waals surface area contributed by atoms with Crippen LogP contribution in [-0.4, -0.2) is 40.2 Å². The van der Waals surface area contributed by atoms with E-state index in [0.717, 1.165) is 51.9 Å². The molecule has 8 heteroatoms. The lowest BCUT2D eigenvalue weighted by atomic mass is 10.0. The molecule has 0 unspecified atom stereocenters. The maximum atomic E-state index is 13.9. The predicted molar refractivity (Wildman–Crippen MR) is 127 cm³/mol. The Balaban J connectivity index is 1.50. The van der Waals surface area contributed by atoms with Crippen molar-refractivity contribution in [2.75, 3.05) is 18.0 Å². The molecule has 1 atom stereocenters. The summed E-state index contributed by atoms with van der Waals surface area (Å²) in [7, 11) is 0. The molecule has 1 fully saturated rings. The summed E-state index contributed by atoms with van der Waals surface area (Å²) >= 11 is 2.70. The molecule has 158 valence electrons. The maximum Gasteiger partial charge on any atom is 0.259 e. The van der Waals surface area contributed by atoms with Crippen molar-refractivity contribution in [3.8, 4) is 10.6 Å². The van der Waals surface area contributed by atoms with Crippen molar-refractivity contribution in [3.63, 3.8) is 0 Å². The Kier molecular flexibility index (Phi) is 4.62. The van der Waals surface area contributed by atoms with E-state index in [1.54, 1.807) is 41.8 Å². The van der Waals surface area contributed by atoms with Crippen molar-refractivity contribution in [2.45, 2.75) is 32.7 Å². The molecule has 0 bridgehead atoms. The average Bonchev–Trinajstić information content (AvgIpc) is 3.48. The number of benzene rings is 1. The van der Waals surface area contributed by atoms with E-state index in [9.17, 15) is 4.79 Å². The van der Waals surface area contributed by atoms with Gasteiger partial charge in [-0.3, -0.25) is 9.69 Å². The average molecular weight is 453 g/mol. The van der Waals surface area contributed by atoms with Crippen LogP contribution in [-0.2, 0) is 0 Å². The Morgan fingerprint density at radius 3 is 2.87 bits per heavy atom. The van der Waals surface area contributed by atoms with Gasteiger partial charge in [0.15, 0.2) is 0 Å². The minimum absolute atomic E-state index is 0.00309. The highest BCUT2D eigenvalue weighted by Crippen LogP contribution is 2.35. The van der Waals surface area contributed by atoms with Crippen LogP contribution < -0.4 is 10.2 Å². The zero-order chi connectivity index (χ0) is 23.9. The molecule has 0 aliphatic carbocycles. The van der Waals surface area contributed by atoms with Crippen molar-refractivity contribution >= 4 is 44.5 Å². The van der Waals surface area contributed by atoms with Gasteiger partial charge in [0, 0.05) is 38.1 Å². The summed E-state index contributed by atoms with van der Waals surface area (Å²) in [6, 6.07) is 9.10. The molecule has 0 saturated carbocycles. The highest BCUT2D eigenvalue weighted by atomic mass is 32.1. The Morgan fingerprint density at radius 2 is 2.13 bits per heavy atom. The van der Waals surface area contributed by atoms with Gasteiger partial charge in [0.2, 0.25) is 0 Å². The van der Waals surface area contributed by atoms with Crippen LogP contribution in [0.3, 0.4) is 0 Å². The van der Waals surface area contributed by atoms with Crippen LogP contribution in [0.1, 0.15) is 37.9 Å². The quantitative estimate of drug-likeness (QED) is 0.480. The first kappa shape index (κ1) is 16.9. The minimum Gasteiger partial charge on any atom is -0.315 e. The van der Waals surface area contributed by atoms with Gasteiger partial charge >= 0.3 is 0 Å². The third-order valence-electron chi connectivity index (χ3n) is 5.54. The zero-order valence-corrected chi connectivity index (χ0v) is 18.6. The molecule has 3 aromatic heterocycles. The van der Waals surface area contributed by atoms with Crippen LogP contribution in [0.25, 0.3) is 20.7 Å². The van der Waals surface area contributed by atoms with Crippen LogP contribution in [0.2, 0.25) is 0 Å². The van der Waals surface area contributed by atoms with Crippen LogP contribution in [0, 0.1) is 13.8 Å². The van der Waals surface area contributed by atoms with E-state index in [0.29, 0.717) is 22.9 Å². The molecule has 1 aliphatic heterocycles. The number of pyridine rings is 1.